The minimum Gasteiger partial charge on any atom is -0.365 e. The predicted octanol–water partition coefficient (Wildman–Crippen LogP) is 0.426. The van der Waals surface area contributed by atoms with Crippen LogP contribution in [0, 0.1) is 0 Å². The topological polar surface area (TPSA) is 66.5 Å². The highest BCUT2D eigenvalue weighted by molar-refractivity contribution is 7.91. The van der Waals surface area contributed by atoms with Gasteiger partial charge in [-0.05, 0) is 18.6 Å². The molecule has 0 spiro atoms. The van der Waals surface area contributed by atoms with Crippen molar-refractivity contribution in [3.63, 3.8) is 0 Å². The Bertz CT molecular complexity index is 542. The molecule has 5 nitrogen and oxygen atoms in total. The van der Waals surface area contributed by atoms with E-state index < -0.39 is 9.84 Å². The zero-order chi connectivity index (χ0) is 13.9. The fourth-order valence-corrected chi connectivity index (χ4v) is 3.84. The Morgan fingerprint density at radius 2 is 2.05 bits per heavy atom. The number of sulfone groups is 1. The van der Waals surface area contributed by atoms with E-state index in [-0.39, 0.29) is 30.0 Å². The van der Waals surface area contributed by atoms with Crippen molar-refractivity contribution in [2.75, 3.05) is 30.0 Å². The molecule has 0 radical (unpaired) electrons. The highest BCUT2D eigenvalue weighted by Crippen LogP contribution is 2.12. The summed E-state index contributed by atoms with van der Waals surface area (Å²) in [7, 11) is -1.12. The second-order valence-corrected chi connectivity index (χ2v) is 7.09. The first-order chi connectivity index (χ1) is 8.96. The summed E-state index contributed by atoms with van der Waals surface area (Å²) in [5.74, 6) is 0.0914. The van der Waals surface area contributed by atoms with Crippen LogP contribution in [0.3, 0.4) is 0 Å². The van der Waals surface area contributed by atoms with Crippen LogP contribution in [0.15, 0.2) is 30.3 Å². The zero-order valence-corrected chi connectivity index (χ0v) is 11.7. The van der Waals surface area contributed by atoms with Crippen molar-refractivity contribution >= 4 is 21.4 Å². The first-order valence-corrected chi connectivity index (χ1v) is 8.04. The highest BCUT2D eigenvalue weighted by atomic mass is 32.2. The summed E-state index contributed by atoms with van der Waals surface area (Å²) in [5.41, 5.74) is 0.955. The third kappa shape index (κ3) is 3.96. The van der Waals surface area contributed by atoms with Crippen LogP contribution in [0.25, 0.3) is 0 Å². The third-order valence-electron chi connectivity index (χ3n) is 3.18. The summed E-state index contributed by atoms with van der Waals surface area (Å²) in [5, 5.41) is 2.78. The van der Waals surface area contributed by atoms with Gasteiger partial charge in [0.2, 0.25) is 5.91 Å². The van der Waals surface area contributed by atoms with Gasteiger partial charge in [0.25, 0.3) is 0 Å². The molecule has 1 N–H and O–H groups in total. The Kier molecular flexibility index (Phi) is 4.09. The number of para-hydroxylation sites is 1. The van der Waals surface area contributed by atoms with Crippen LogP contribution in [0.1, 0.15) is 6.42 Å². The fourth-order valence-electron chi connectivity index (χ4n) is 2.17. The Labute approximate surface area is 113 Å². The monoisotopic (exact) mass is 282 g/mol. The quantitative estimate of drug-likeness (QED) is 0.869. The lowest BCUT2D eigenvalue weighted by molar-refractivity contribution is -0.120. The van der Waals surface area contributed by atoms with Crippen molar-refractivity contribution in [2.24, 2.45) is 0 Å². The molecule has 104 valence electrons. The van der Waals surface area contributed by atoms with Gasteiger partial charge in [-0.2, -0.15) is 0 Å². The van der Waals surface area contributed by atoms with E-state index in [0.717, 1.165) is 5.69 Å². The Morgan fingerprint density at radius 3 is 2.63 bits per heavy atom. The Balaban J connectivity index is 1.85. The molecule has 1 amide bonds. The Hall–Kier alpha value is -1.56. The lowest BCUT2D eigenvalue weighted by Crippen LogP contribution is -2.41. The maximum absolute atomic E-state index is 11.8. The van der Waals surface area contributed by atoms with Gasteiger partial charge < -0.3 is 10.2 Å². The maximum Gasteiger partial charge on any atom is 0.239 e. The van der Waals surface area contributed by atoms with Gasteiger partial charge in [0.1, 0.15) is 0 Å². The molecule has 1 atom stereocenters. The van der Waals surface area contributed by atoms with Gasteiger partial charge in [0, 0.05) is 18.8 Å². The predicted molar refractivity (Wildman–Crippen MR) is 74.9 cm³/mol. The summed E-state index contributed by atoms with van der Waals surface area (Å²) >= 11 is 0. The SMILES string of the molecule is CN(CC(=O)N[C@@H]1CCS(=O)(=O)C1)c1ccccc1. The van der Waals surface area contributed by atoms with Gasteiger partial charge in [-0.3, -0.25) is 4.79 Å². The lowest BCUT2D eigenvalue weighted by Gasteiger charge is -2.20. The first-order valence-electron chi connectivity index (χ1n) is 6.22. The molecule has 1 aliphatic heterocycles. The number of anilines is 1. The van der Waals surface area contributed by atoms with Gasteiger partial charge in [-0.1, -0.05) is 18.2 Å². The third-order valence-corrected chi connectivity index (χ3v) is 4.94. The second-order valence-electron chi connectivity index (χ2n) is 4.86. The number of benzene rings is 1. The van der Waals surface area contributed by atoms with E-state index in [1.807, 2.05) is 42.3 Å². The number of hydrogen-bond donors (Lipinski definition) is 1. The molecule has 19 heavy (non-hydrogen) atoms. The summed E-state index contributed by atoms with van der Waals surface area (Å²) in [6, 6.07) is 9.35. The highest BCUT2D eigenvalue weighted by Gasteiger charge is 2.28. The van der Waals surface area contributed by atoms with Gasteiger partial charge in [-0.25, -0.2) is 8.42 Å². The van der Waals surface area contributed by atoms with Gasteiger partial charge in [0.15, 0.2) is 9.84 Å². The molecular weight excluding hydrogens is 264 g/mol. The van der Waals surface area contributed by atoms with Crippen LogP contribution in [0.4, 0.5) is 5.69 Å². The zero-order valence-electron chi connectivity index (χ0n) is 10.9. The normalized spacial score (nSPS) is 21.0. The number of likely N-dealkylation sites (N-methyl/N-ethyl adjacent to an activating group) is 1. The van der Waals surface area contributed by atoms with E-state index in [1.165, 1.54) is 0 Å². The molecule has 1 aromatic carbocycles. The van der Waals surface area contributed by atoms with E-state index in [4.69, 9.17) is 0 Å². The number of carbonyl (C=O) groups excluding carboxylic acids is 1. The summed E-state index contributed by atoms with van der Waals surface area (Å²) in [6.07, 6.45) is 0.517. The van der Waals surface area contributed by atoms with Crippen molar-refractivity contribution in [1.82, 2.24) is 5.32 Å². The van der Waals surface area contributed by atoms with Crippen molar-refractivity contribution in [3.8, 4) is 0 Å². The average Bonchev–Trinajstić information content (AvgIpc) is 2.69. The standard InChI is InChI=1S/C13H18N2O3S/c1-15(12-5-3-2-4-6-12)9-13(16)14-11-7-8-19(17,18)10-11/h2-6,11H,7-10H2,1H3,(H,14,16)/t11-/m1/s1. The van der Waals surface area contributed by atoms with E-state index in [0.29, 0.717) is 6.42 Å². The molecule has 1 fully saturated rings. The van der Waals surface area contributed by atoms with Crippen LogP contribution < -0.4 is 10.2 Å². The number of amides is 1. The van der Waals surface area contributed by atoms with Crippen molar-refractivity contribution in [2.45, 2.75) is 12.5 Å². The molecule has 1 aromatic rings. The molecular formula is C13H18N2O3S. The molecule has 0 aromatic heterocycles. The average molecular weight is 282 g/mol. The molecule has 0 aliphatic carbocycles. The van der Waals surface area contributed by atoms with Gasteiger partial charge in [0.05, 0.1) is 18.1 Å². The number of nitrogens with zero attached hydrogens (tertiary/aromatic N) is 1. The van der Waals surface area contributed by atoms with Crippen LogP contribution in [-0.4, -0.2) is 45.5 Å². The van der Waals surface area contributed by atoms with E-state index >= 15 is 0 Å². The van der Waals surface area contributed by atoms with Gasteiger partial charge in [-0.15, -0.1) is 0 Å². The van der Waals surface area contributed by atoms with Gasteiger partial charge >= 0.3 is 0 Å². The van der Waals surface area contributed by atoms with E-state index in [2.05, 4.69) is 5.32 Å². The molecule has 2 rings (SSSR count). The summed E-state index contributed by atoms with van der Waals surface area (Å²) in [4.78, 5) is 13.7. The van der Waals surface area contributed by atoms with Crippen molar-refractivity contribution < 1.29 is 13.2 Å². The molecule has 0 bridgehead atoms. The number of rotatable bonds is 4. The number of carbonyl (C=O) groups is 1. The minimum absolute atomic E-state index is 0.0633. The summed E-state index contributed by atoms with van der Waals surface area (Å²) < 4.78 is 22.6. The van der Waals surface area contributed by atoms with E-state index in [1.54, 1.807) is 0 Å². The molecule has 6 heteroatoms. The largest absolute Gasteiger partial charge is 0.365 e. The molecule has 1 heterocycles. The van der Waals surface area contributed by atoms with Crippen LogP contribution in [0.5, 0.6) is 0 Å². The van der Waals surface area contributed by atoms with Crippen LogP contribution >= 0.6 is 0 Å². The molecule has 1 saturated heterocycles. The maximum atomic E-state index is 11.8. The summed E-state index contributed by atoms with van der Waals surface area (Å²) in [6.45, 7) is 0.223. The smallest absolute Gasteiger partial charge is 0.239 e. The van der Waals surface area contributed by atoms with E-state index in [9.17, 15) is 13.2 Å². The molecule has 0 unspecified atom stereocenters. The molecule has 1 aliphatic rings. The van der Waals surface area contributed by atoms with Crippen molar-refractivity contribution in [3.05, 3.63) is 30.3 Å². The van der Waals surface area contributed by atoms with Crippen LogP contribution in [-0.2, 0) is 14.6 Å². The van der Waals surface area contributed by atoms with Crippen molar-refractivity contribution in [1.29, 1.82) is 0 Å². The fraction of sp³-hybridized carbons (Fsp3) is 0.462. The number of hydrogen-bond acceptors (Lipinski definition) is 4. The minimum atomic E-state index is -2.95. The first kappa shape index (κ1) is 13.9. The second kappa shape index (κ2) is 5.61. The molecule has 0 saturated carbocycles. The number of nitrogens with one attached hydrogen (secondary N) is 1. The Morgan fingerprint density at radius 1 is 1.37 bits per heavy atom. The van der Waals surface area contributed by atoms with Crippen LogP contribution in [0.2, 0.25) is 0 Å². The lowest BCUT2D eigenvalue weighted by atomic mass is 10.2.